The van der Waals surface area contributed by atoms with Crippen molar-refractivity contribution < 1.29 is 0 Å². The summed E-state index contributed by atoms with van der Waals surface area (Å²) >= 11 is 1.86. The maximum absolute atomic E-state index is 3.78. The molecule has 1 aromatic carbocycles. The lowest BCUT2D eigenvalue weighted by atomic mass is 10.2. The van der Waals surface area contributed by atoms with Crippen LogP contribution in [-0.4, -0.2) is 5.75 Å². The average molecular weight is 165 g/mol. The zero-order valence-corrected chi connectivity index (χ0v) is 7.66. The van der Waals surface area contributed by atoms with E-state index in [4.69, 9.17) is 0 Å². The smallest absolute Gasteiger partial charge is 0.0184 e. The first kappa shape index (κ1) is 8.66. The van der Waals surface area contributed by atoms with Crippen LogP contribution in [0.2, 0.25) is 0 Å². The van der Waals surface area contributed by atoms with Gasteiger partial charge in [0.15, 0.2) is 0 Å². The van der Waals surface area contributed by atoms with Gasteiger partial charge in [-0.2, -0.15) is 11.8 Å². The molecular formula is C10H13S. The van der Waals surface area contributed by atoms with Crippen LogP contribution in [0.5, 0.6) is 0 Å². The Morgan fingerprint density at radius 3 is 2.45 bits per heavy atom. The third kappa shape index (κ3) is 2.98. The number of aryl methyl sites for hydroxylation is 1. The molecule has 11 heavy (non-hydrogen) atoms. The molecule has 1 radical (unpaired) electrons. The molecule has 0 amide bonds. The molecule has 1 heteroatoms. The van der Waals surface area contributed by atoms with E-state index in [-0.39, 0.29) is 0 Å². The average Bonchev–Trinajstić information content (AvgIpc) is 2.04. The Morgan fingerprint density at radius 1 is 1.27 bits per heavy atom. The van der Waals surface area contributed by atoms with Gasteiger partial charge in [-0.1, -0.05) is 29.8 Å². The van der Waals surface area contributed by atoms with Crippen LogP contribution in [0.25, 0.3) is 0 Å². The second-order valence-electron chi connectivity index (χ2n) is 2.54. The second kappa shape index (κ2) is 4.45. The summed E-state index contributed by atoms with van der Waals surface area (Å²) in [6.45, 7) is 5.89. The molecule has 59 valence electrons. The minimum atomic E-state index is 0.952. The van der Waals surface area contributed by atoms with Crippen LogP contribution in [0.3, 0.4) is 0 Å². The summed E-state index contributed by atoms with van der Waals surface area (Å²) in [4.78, 5) is 0. The topological polar surface area (TPSA) is 0 Å². The molecule has 0 saturated carbocycles. The first-order valence-electron chi connectivity index (χ1n) is 3.75. The van der Waals surface area contributed by atoms with E-state index < -0.39 is 0 Å². The Morgan fingerprint density at radius 2 is 1.91 bits per heavy atom. The summed E-state index contributed by atoms with van der Waals surface area (Å²) in [7, 11) is 0. The first-order chi connectivity index (χ1) is 5.33. The van der Waals surface area contributed by atoms with Crippen LogP contribution in [0.1, 0.15) is 11.1 Å². The Kier molecular flexibility index (Phi) is 3.50. The highest BCUT2D eigenvalue weighted by Crippen LogP contribution is 2.11. The third-order valence-corrected chi connectivity index (χ3v) is 2.36. The van der Waals surface area contributed by atoms with E-state index in [1.165, 1.54) is 11.1 Å². The van der Waals surface area contributed by atoms with Crippen LogP contribution in [0.4, 0.5) is 0 Å². The molecule has 0 fully saturated rings. The van der Waals surface area contributed by atoms with Crippen LogP contribution >= 0.6 is 11.8 Å². The first-order valence-corrected chi connectivity index (χ1v) is 4.91. The molecule has 0 spiro atoms. The van der Waals surface area contributed by atoms with E-state index in [2.05, 4.69) is 38.1 Å². The Balaban J connectivity index is 2.52. The Labute approximate surface area is 73.0 Å². The van der Waals surface area contributed by atoms with Gasteiger partial charge >= 0.3 is 0 Å². The van der Waals surface area contributed by atoms with E-state index >= 15 is 0 Å². The van der Waals surface area contributed by atoms with Crippen LogP contribution in [-0.2, 0) is 5.75 Å². The SMILES string of the molecule is [CH2]CSCc1ccc(C)cc1. The van der Waals surface area contributed by atoms with Gasteiger partial charge in [0.2, 0.25) is 0 Å². The van der Waals surface area contributed by atoms with Crippen molar-refractivity contribution in [2.24, 2.45) is 0 Å². The fourth-order valence-electron chi connectivity index (χ4n) is 0.874. The van der Waals surface area contributed by atoms with E-state index in [1.54, 1.807) is 0 Å². The van der Waals surface area contributed by atoms with Crippen molar-refractivity contribution in [1.82, 2.24) is 0 Å². The molecule has 0 aliphatic rings. The highest BCUT2D eigenvalue weighted by molar-refractivity contribution is 7.98. The van der Waals surface area contributed by atoms with Crippen molar-refractivity contribution in [2.75, 3.05) is 5.75 Å². The molecule has 0 nitrogen and oxygen atoms in total. The number of hydrogen-bond acceptors (Lipinski definition) is 1. The highest BCUT2D eigenvalue weighted by atomic mass is 32.2. The second-order valence-corrected chi connectivity index (χ2v) is 3.64. The summed E-state index contributed by atoms with van der Waals surface area (Å²) in [5.74, 6) is 2.04. The normalized spacial score (nSPS) is 10.0. The molecule has 0 unspecified atom stereocenters. The van der Waals surface area contributed by atoms with Crippen molar-refractivity contribution >= 4 is 11.8 Å². The van der Waals surface area contributed by atoms with Crippen LogP contribution < -0.4 is 0 Å². The minimum absolute atomic E-state index is 0.952. The summed E-state index contributed by atoms with van der Waals surface area (Å²) in [6.07, 6.45) is 0. The molecule has 0 bridgehead atoms. The molecule has 1 rings (SSSR count). The van der Waals surface area contributed by atoms with Gasteiger partial charge in [-0.25, -0.2) is 0 Å². The molecule has 0 aliphatic carbocycles. The van der Waals surface area contributed by atoms with E-state index in [9.17, 15) is 0 Å². The predicted octanol–water partition coefficient (Wildman–Crippen LogP) is 3.06. The molecule has 0 saturated heterocycles. The van der Waals surface area contributed by atoms with Gasteiger partial charge in [0.1, 0.15) is 0 Å². The number of hydrogen-bond donors (Lipinski definition) is 0. The molecule has 0 atom stereocenters. The van der Waals surface area contributed by atoms with Crippen molar-refractivity contribution in [1.29, 1.82) is 0 Å². The van der Waals surface area contributed by atoms with Gasteiger partial charge < -0.3 is 0 Å². The Bertz CT molecular complexity index is 201. The van der Waals surface area contributed by atoms with Gasteiger partial charge in [-0.05, 0) is 25.2 Å². The molecule has 0 aromatic heterocycles. The largest absolute Gasteiger partial charge is 0.157 e. The molecule has 1 aromatic rings. The van der Waals surface area contributed by atoms with Gasteiger partial charge in [-0.3, -0.25) is 0 Å². The zero-order chi connectivity index (χ0) is 8.10. The number of rotatable bonds is 3. The number of benzene rings is 1. The van der Waals surface area contributed by atoms with E-state index in [0.29, 0.717) is 0 Å². The van der Waals surface area contributed by atoms with Gasteiger partial charge in [0.25, 0.3) is 0 Å². The summed E-state index contributed by atoms with van der Waals surface area (Å²) in [5.41, 5.74) is 2.72. The fourth-order valence-corrected chi connectivity index (χ4v) is 1.45. The highest BCUT2D eigenvalue weighted by Gasteiger charge is 1.90. The zero-order valence-electron chi connectivity index (χ0n) is 6.84. The minimum Gasteiger partial charge on any atom is -0.157 e. The molecule has 0 N–H and O–H groups in total. The quantitative estimate of drug-likeness (QED) is 0.663. The van der Waals surface area contributed by atoms with Crippen molar-refractivity contribution in [2.45, 2.75) is 12.7 Å². The number of thioether (sulfide) groups is 1. The molecular weight excluding hydrogens is 152 g/mol. The lowest BCUT2D eigenvalue weighted by molar-refractivity contribution is 1.36. The standard InChI is InChI=1S/C10H13S/c1-3-11-8-10-6-4-9(2)5-7-10/h4-7H,1,3,8H2,2H3. The van der Waals surface area contributed by atoms with Crippen LogP contribution in [0.15, 0.2) is 24.3 Å². The maximum Gasteiger partial charge on any atom is 0.0184 e. The van der Waals surface area contributed by atoms with Crippen molar-refractivity contribution in [3.63, 3.8) is 0 Å². The lowest BCUT2D eigenvalue weighted by Crippen LogP contribution is -1.80. The van der Waals surface area contributed by atoms with E-state index in [1.807, 2.05) is 11.8 Å². The van der Waals surface area contributed by atoms with Crippen molar-refractivity contribution in [3.8, 4) is 0 Å². The summed E-state index contributed by atoms with van der Waals surface area (Å²) in [6, 6.07) is 8.66. The maximum atomic E-state index is 3.78. The lowest BCUT2D eigenvalue weighted by Gasteiger charge is -1.98. The Hall–Kier alpha value is -0.430. The third-order valence-electron chi connectivity index (χ3n) is 1.53. The summed E-state index contributed by atoms with van der Waals surface area (Å²) < 4.78 is 0. The fraction of sp³-hybridized carbons (Fsp3) is 0.300. The molecule has 0 heterocycles. The van der Waals surface area contributed by atoms with Crippen molar-refractivity contribution in [3.05, 3.63) is 42.3 Å². The van der Waals surface area contributed by atoms with Crippen LogP contribution in [0, 0.1) is 13.8 Å². The van der Waals surface area contributed by atoms with Gasteiger partial charge in [0.05, 0.1) is 0 Å². The van der Waals surface area contributed by atoms with E-state index in [0.717, 1.165) is 11.5 Å². The predicted molar refractivity (Wildman–Crippen MR) is 52.7 cm³/mol. The molecule has 0 aliphatic heterocycles. The monoisotopic (exact) mass is 165 g/mol. The summed E-state index contributed by atoms with van der Waals surface area (Å²) in [5, 5.41) is 0. The van der Waals surface area contributed by atoms with Gasteiger partial charge in [-0.15, -0.1) is 0 Å². The van der Waals surface area contributed by atoms with Gasteiger partial charge in [0, 0.05) is 5.75 Å².